The quantitative estimate of drug-likeness (QED) is 0.829. The summed E-state index contributed by atoms with van der Waals surface area (Å²) in [5.41, 5.74) is 7.81. The number of pyridine rings is 1. The van der Waals surface area contributed by atoms with E-state index in [9.17, 15) is 5.11 Å². The Kier molecular flexibility index (Phi) is 3.64. The van der Waals surface area contributed by atoms with Gasteiger partial charge in [-0.25, -0.2) is 0 Å². The highest BCUT2D eigenvalue weighted by Crippen LogP contribution is 2.25. The molecule has 0 aromatic carbocycles. The number of hydrogen-bond acceptors (Lipinski definition) is 4. The minimum atomic E-state index is -0.226. The van der Waals surface area contributed by atoms with Gasteiger partial charge in [-0.2, -0.15) is 0 Å². The summed E-state index contributed by atoms with van der Waals surface area (Å²) in [4.78, 5) is 6.64. The lowest BCUT2D eigenvalue weighted by Gasteiger charge is -2.19. The lowest BCUT2D eigenvalue weighted by Crippen LogP contribution is -2.24. The second-order valence-corrected chi connectivity index (χ2v) is 4.97. The van der Waals surface area contributed by atoms with Crippen LogP contribution in [0.1, 0.15) is 32.0 Å². The van der Waals surface area contributed by atoms with E-state index in [4.69, 9.17) is 5.73 Å². The summed E-state index contributed by atoms with van der Waals surface area (Å²) in [6, 6.07) is 4.03. The second kappa shape index (κ2) is 5.02. The molecule has 2 rings (SSSR count). The monoisotopic (exact) mass is 235 g/mol. The predicted molar refractivity (Wildman–Crippen MR) is 68.8 cm³/mol. The third-order valence-corrected chi connectivity index (χ3v) is 3.51. The van der Waals surface area contributed by atoms with Crippen LogP contribution in [-0.2, 0) is 0 Å². The van der Waals surface area contributed by atoms with Gasteiger partial charge < -0.3 is 15.7 Å². The molecule has 0 spiro atoms. The number of hydrogen-bond donors (Lipinski definition) is 2. The van der Waals surface area contributed by atoms with Crippen molar-refractivity contribution >= 4 is 5.69 Å². The molecule has 0 aliphatic carbocycles. The Bertz CT molecular complexity index is 361. The van der Waals surface area contributed by atoms with Crippen LogP contribution in [0.3, 0.4) is 0 Å². The highest BCUT2D eigenvalue weighted by Gasteiger charge is 2.26. The van der Waals surface area contributed by atoms with Crippen LogP contribution in [-0.4, -0.2) is 29.3 Å². The number of aliphatic hydroxyl groups is 1. The van der Waals surface area contributed by atoms with E-state index in [1.807, 2.05) is 26.1 Å². The Labute approximate surface area is 102 Å². The molecule has 0 saturated carbocycles. The largest absolute Gasteiger partial charge is 0.393 e. The molecule has 1 aliphatic heterocycles. The summed E-state index contributed by atoms with van der Waals surface area (Å²) >= 11 is 0. The van der Waals surface area contributed by atoms with Crippen LogP contribution in [0.2, 0.25) is 0 Å². The Morgan fingerprint density at radius 2 is 2.24 bits per heavy atom. The van der Waals surface area contributed by atoms with Crippen LogP contribution in [0, 0.1) is 5.92 Å². The average Bonchev–Trinajstić information content (AvgIpc) is 2.78. The first-order chi connectivity index (χ1) is 8.08. The zero-order chi connectivity index (χ0) is 12.4. The molecule has 2 unspecified atom stereocenters. The van der Waals surface area contributed by atoms with E-state index < -0.39 is 0 Å². The van der Waals surface area contributed by atoms with E-state index >= 15 is 0 Å². The van der Waals surface area contributed by atoms with E-state index in [1.165, 1.54) is 0 Å². The van der Waals surface area contributed by atoms with Gasteiger partial charge >= 0.3 is 0 Å². The van der Waals surface area contributed by atoms with Gasteiger partial charge in [0.15, 0.2) is 0 Å². The standard InChI is InChI=1S/C13H21N3O/c1-9(14)13-4-3-12(7-15-13)16-6-5-11(8-16)10(2)17/h3-4,7,9-11,17H,5-6,8,14H2,1-2H3/t9-,10?,11?/m1/s1. The van der Waals surface area contributed by atoms with Gasteiger partial charge in [0.1, 0.15) is 0 Å². The van der Waals surface area contributed by atoms with Crippen molar-refractivity contribution in [1.29, 1.82) is 0 Å². The zero-order valence-electron chi connectivity index (χ0n) is 10.5. The van der Waals surface area contributed by atoms with Crippen molar-refractivity contribution < 1.29 is 5.11 Å². The molecule has 1 saturated heterocycles. The third-order valence-electron chi connectivity index (χ3n) is 3.51. The predicted octanol–water partition coefficient (Wildman–Crippen LogP) is 1.31. The molecule has 3 N–H and O–H groups in total. The Morgan fingerprint density at radius 3 is 2.71 bits per heavy atom. The second-order valence-electron chi connectivity index (χ2n) is 4.97. The van der Waals surface area contributed by atoms with Crippen molar-refractivity contribution in [3.8, 4) is 0 Å². The van der Waals surface area contributed by atoms with Crippen molar-refractivity contribution in [2.24, 2.45) is 11.7 Å². The van der Waals surface area contributed by atoms with E-state index in [-0.39, 0.29) is 12.1 Å². The van der Waals surface area contributed by atoms with Gasteiger partial charge in [0, 0.05) is 25.0 Å². The van der Waals surface area contributed by atoms with Crippen LogP contribution in [0.25, 0.3) is 0 Å². The van der Waals surface area contributed by atoms with Crippen molar-refractivity contribution in [1.82, 2.24) is 4.98 Å². The SMILES string of the molecule is CC(O)C1CCN(c2ccc([C@@H](C)N)nc2)C1. The molecule has 1 aliphatic rings. The fourth-order valence-corrected chi connectivity index (χ4v) is 2.27. The number of rotatable bonds is 3. The first kappa shape index (κ1) is 12.3. The van der Waals surface area contributed by atoms with Crippen LogP contribution in [0.15, 0.2) is 18.3 Å². The van der Waals surface area contributed by atoms with Crippen molar-refractivity contribution in [2.45, 2.75) is 32.4 Å². The zero-order valence-corrected chi connectivity index (χ0v) is 10.5. The highest BCUT2D eigenvalue weighted by molar-refractivity contribution is 5.45. The van der Waals surface area contributed by atoms with E-state index in [2.05, 4.69) is 16.0 Å². The van der Waals surface area contributed by atoms with Crippen LogP contribution in [0.5, 0.6) is 0 Å². The molecular formula is C13H21N3O. The number of nitrogens with two attached hydrogens (primary N) is 1. The van der Waals surface area contributed by atoms with Gasteiger partial charge in [0.05, 0.1) is 23.7 Å². The van der Waals surface area contributed by atoms with Gasteiger partial charge in [-0.1, -0.05) is 0 Å². The third kappa shape index (κ3) is 2.76. The summed E-state index contributed by atoms with van der Waals surface area (Å²) in [5.74, 6) is 0.378. The van der Waals surface area contributed by atoms with Gasteiger partial charge in [-0.15, -0.1) is 0 Å². The summed E-state index contributed by atoms with van der Waals surface area (Å²) in [6.45, 7) is 5.71. The van der Waals surface area contributed by atoms with Crippen LogP contribution in [0.4, 0.5) is 5.69 Å². The Hall–Kier alpha value is -1.13. The normalized spacial score (nSPS) is 23.8. The summed E-state index contributed by atoms with van der Waals surface area (Å²) in [5, 5.41) is 9.57. The van der Waals surface area contributed by atoms with Crippen molar-refractivity contribution in [3.05, 3.63) is 24.0 Å². The van der Waals surface area contributed by atoms with Gasteiger partial charge in [0.25, 0.3) is 0 Å². The Balaban J connectivity index is 2.04. The number of aromatic nitrogens is 1. The van der Waals surface area contributed by atoms with Crippen molar-refractivity contribution in [3.63, 3.8) is 0 Å². The summed E-state index contributed by atoms with van der Waals surface area (Å²) in [7, 11) is 0. The lowest BCUT2D eigenvalue weighted by atomic mass is 10.0. The van der Waals surface area contributed by atoms with Gasteiger partial charge in [-0.3, -0.25) is 4.98 Å². The maximum absolute atomic E-state index is 9.57. The molecule has 0 radical (unpaired) electrons. The molecule has 0 amide bonds. The maximum Gasteiger partial charge on any atom is 0.0569 e. The molecule has 4 heteroatoms. The highest BCUT2D eigenvalue weighted by atomic mass is 16.3. The van der Waals surface area contributed by atoms with E-state index in [0.29, 0.717) is 5.92 Å². The number of anilines is 1. The molecule has 17 heavy (non-hydrogen) atoms. The maximum atomic E-state index is 9.57. The first-order valence-electron chi connectivity index (χ1n) is 6.22. The molecule has 4 nitrogen and oxygen atoms in total. The minimum Gasteiger partial charge on any atom is -0.393 e. The molecule has 0 bridgehead atoms. The smallest absolute Gasteiger partial charge is 0.0569 e. The van der Waals surface area contributed by atoms with E-state index in [1.54, 1.807) is 0 Å². The van der Waals surface area contributed by atoms with Crippen LogP contribution < -0.4 is 10.6 Å². The first-order valence-corrected chi connectivity index (χ1v) is 6.22. The van der Waals surface area contributed by atoms with E-state index in [0.717, 1.165) is 30.9 Å². The number of aliphatic hydroxyl groups excluding tert-OH is 1. The van der Waals surface area contributed by atoms with Gasteiger partial charge in [-0.05, 0) is 32.4 Å². The lowest BCUT2D eigenvalue weighted by molar-refractivity contribution is 0.136. The topological polar surface area (TPSA) is 62.4 Å². The number of nitrogens with zero attached hydrogens (tertiary/aromatic N) is 2. The fourth-order valence-electron chi connectivity index (χ4n) is 2.27. The summed E-state index contributed by atoms with van der Waals surface area (Å²) < 4.78 is 0. The van der Waals surface area contributed by atoms with Crippen molar-refractivity contribution in [2.75, 3.05) is 18.0 Å². The Morgan fingerprint density at radius 1 is 1.47 bits per heavy atom. The minimum absolute atomic E-state index is 0.0205. The molecular weight excluding hydrogens is 214 g/mol. The molecule has 2 heterocycles. The fraction of sp³-hybridized carbons (Fsp3) is 0.615. The van der Waals surface area contributed by atoms with Crippen LogP contribution >= 0.6 is 0 Å². The molecule has 94 valence electrons. The molecule has 1 aromatic rings. The van der Waals surface area contributed by atoms with Gasteiger partial charge in [0.2, 0.25) is 0 Å². The summed E-state index contributed by atoms with van der Waals surface area (Å²) in [6.07, 6.45) is 2.70. The molecule has 1 aromatic heterocycles. The average molecular weight is 235 g/mol. The molecule has 1 fully saturated rings. The molecule has 3 atom stereocenters.